The van der Waals surface area contributed by atoms with Crippen molar-refractivity contribution in [3.05, 3.63) is 58.7 Å². The highest BCUT2D eigenvalue weighted by atomic mass is 19.4. The number of hydrogen-bond donors (Lipinski definition) is 3. The lowest BCUT2D eigenvalue weighted by molar-refractivity contribution is -0.138. The van der Waals surface area contributed by atoms with Crippen molar-refractivity contribution < 1.29 is 27.9 Å². The SMILES string of the molecule is CC.Cc1cc2c(cc1C(F)(F)F)NC(=O)CC(c1cccc(CCC(=O)O)c1)N2. The van der Waals surface area contributed by atoms with E-state index in [1.807, 2.05) is 19.9 Å². The van der Waals surface area contributed by atoms with Gasteiger partial charge in [0.2, 0.25) is 5.91 Å². The van der Waals surface area contributed by atoms with E-state index in [9.17, 15) is 22.8 Å². The first-order valence-electron chi connectivity index (χ1n) is 9.72. The van der Waals surface area contributed by atoms with E-state index in [0.29, 0.717) is 12.1 Å². The normalized spacial score (nSPS) is 15.7. The first kappa shape index (κ1) is 23.3. The van der Waals surface area contributed by atoms with Crippen molar-refractivity contribution in [2.45, 2.75) is 52.3 Å². The average molecular weight is 422 g/mol. The summed E-state index contributed by atoms with van der Waals surface area (Å²) in [6.45, 7) is 5.37. The Kier molecular flexibility index (Phi) is 7.48. The van der Waals surface area contributed by atoms with Gasteiger partial charge in [0.05, 0.1) is 29.4 Å². The number of aliphatic carboxylic acids is 1. The molecule has 1 aliphatic rings. The molecular formula is C22H25F3N2O3. The predicted molar refractivity (Wildman–Crippen MR) is 110 cm³/mol. The molecule has 1 unspecified atom stereocenters. The lowest BCUT2D eigenvalue weighted by Crippen LogP contribution is -2.16. The van der Waals surface area contributed by atoms with E-state index >= 15 is 0 Å². The number of fused-ring (bicyclic) bond motifs is 1. The van der Waals surface area contributed by atoms with Gasteiger partial charge in [-0.25, -0.2) is 0 Å². The van der Waals surface area contributed by atoms with Crippen LogP contribution in [0.1, 0.15) is 55.0 Å². The van der Waals surface area contributed by atoms with Crippen molar-refractivity contribution in [3.8, 4) is 0 Å². The maximum Gasteiger partial charge on any atom is 0.416 e. The Morgan fingerprint density at radius 1 is 1.17 bits per heavy atom. The third-order valence-electron chi connectivity index (χ3n) is 4.64. The van der Waals surface area contributed by atoms with E-state index in [4.69, 9.17) is 5.11 Å². The minimum absolute atomic E-state index is 0.00964. The van der Waals surface area contributed by atoms with Crippen molar-refractivity contribution in [1.82, 2.24) is 0 Å². The lowest BCUT2D eigenvalue weighted by atomic mass is 9.99. The van der Waals surface area contributed by atoms with Gasteiger partial charge >= 0.3 is 12.1 Å². The topological polar surface area (TPSA) is 78.4 Å². The summed E-state index contributed by atoms with van der Waals surface area (Å²) in [7, 11) is 0. The molecule has 1 heterocycles. The van der Waals surface area contributed by atoms with Crippen LogP contribution in [0, 0.1) is 6.92 Å². The molecular weight excluding hydrogens is 397 g/mol. The van der Waals surface area contributed by atoms with Crippen LogP contribution in [0.4, 0.5) is 24.5 Å². The second kappa shape index (κ2) is 9.65. The number of carbonyl (C=O) groups is 2. The van der Waals surface area contributed by atoms with Gasteiger partial charge in [0.25, 0.3) is 0 Å². The fraction of sp³-hybridized carbons (Fsp3) is 0.364. The van der Waals surface area contributed by atoms with Gasteiger partial charge in [-0.3, -0.25) is 9.59 Å². The fourth-order valence-corrected chi connectivity index (χ4v) is 3.28. The van der Waals surface area contributed by atoms with Gasteiger partial charge in [-0.2, -0.15) is 13.2 Å². The summed E-state index contributed by atoms with van der Waals surface area (Å²) in [5, 5.41) is 14.5. The summed E-state index contributed by atoms with van der Waals surface area (Å²) in [6, 6.07) is 9.08. The molecule has 1 atom stereocenters. The monoisotopic (exact) mass is 422 g/mol. The Morgan fingerprint density at radius 3 is 2.50 bits per heavy atom. The van der Waals surface area contributed by atoms with E-state index in [1.165, 1.54) is 13.0 Å². The molecule has 0 aromatic heterocycles. The molecule has 3 rings (SSSR count). The molecule has 0 saturated carbocycles. The maximum absolute atomic E-state index is 13.2. The van der Waals surface area contributed by atoms with Gasteiger partial charge in [0.15, 0.2) is 0 Å². The zero-order chi connectivity index (χ0) is 22.5. The molecule has 3 N–H and O–H groups in total. The number of halogens is 3. The first-order valence-corrected chi connectivity index (χ1v) is 9.72. The van der Waals surface area contributed by atoms with Crippen molar-refractivity contribution >= 4 is 23.3 Å². The van der Waals surface area contributed by atoms with Crippen LogP contribution < -0.4 is 10.6 Å². The van der Waals surface area contributed by atoms with Crippen LogP contribution in [-0.4, -0.2) is 17.0 Å². The molecule has 0 spiro atoms. The van der Waals surface area contributed by atoms with Gasteiger partial charge in [-0.15, -0.1) is 0 Å². The van der Waals surface area contributed by atoms with Crippen LogP contribution in [0.2, 0.25) is 0 Å². The number of alkyl halides is 3. The third-order valence-corrected chi connectivity index (χ3v) is 4.64. The molecule has 0 saturated heterocycles. The molecule has 1 aliphatic heterocycles. The molecule has 1 amide bonds. The van der Waals surface area contributed by atoms with E-state index in [1.54, 1.807) is 18.2 Å². The Hall–Kier alpha value is -3.03. The highest BCUT2D eigenvalue weighted by Gasteiger charge is 2.34. The zero-order valence-electron chi connectivity index (χ0n) is 17.1. The zero-order valence-corrected chi connectivity index (χ0v) is 17.1. The average Bonchev–Trinajstić information content (AvgIpc) is 2.84. The number of nitrogens with one attached hydrogen (secondary N) is 2. The van der Waals surface area contributed by atoms with Gasteiger partial charge < -0.3 is 15.7 Å². The molecule has 0 aliphatic carbocycles. The maximum atomic E-state index is 13.2. The summed E-state index contributed by atoms with van der Waals surface area (Å²) in [6.07, 6.45) is -4.12. The number of amides is 1. The van der Waals surface area contributed by atoms with E-state index < -0.39 is 29.7 Å². The van der Waals surface area contributed by atoms with Gasteiger partial charge in [-0.1, -0.05) is 38.1 Å². The highest BCUT2D eigenvalue weighted by Crippen LogP contribution is 2.39. The fourth-order valence-electron chi connectivity index (χ4n) is 3.28. The van der Waals surface area contributed by atoms with Crippen LogP contribution in [0.3, 0.4) is 0 Å². The van der Waals surface area contributed by atoms with Gasteiger partial charge in [0, 0.05) is 6.42 Å². The Labute approximate surface area is 173 Å². The van der Waals surface area contributed by atoms with E-state index in [-0.39, 0.29) is 24.1 Å². The summed E-state index contributed by atoms with van der Waals surface area (Å²) in [4.78, 5) is 23.0. The van der Waals surface area contributed by atoms with Gasteiger partial charge in [0.1, 0.15) is 0 Å². The molecule has 162 valence electrons. The van der Waals surface area contributed by atoms with Crippen molar-refractivity contribution in [1.29, 1.82) is 0 Å². The number of carbonyl (C=O) groups excluding carboxylic acids is 1. The smallest absolute Gasteiger partial charge is 0.416 e. The molecule has 2 aromatic rings. The number of anilines is 2. The number of hydrogen-bond acceptors (Lipinski definition) is 3. The number of aryl methyl sites for hydroxylation is 2. The number of carboxylic acids is 1. The number of carboxylic acid groups (broad SMARTS) is 1. The van der Waals surface area contributed by atoms with Crippen LogP contribution in [0.15, 0.2) is 36.4 Å². The van der Waals surface area contributed by atoms with Crippen molar-refractivity contribution in [2.24, 2.45) is 0 Å². The Bertz CT molecular complexity index is 926. The Morgan fingerprint density at radius 2 is 1.87 bits per heavy atom. The molecule has 8 heteroatoms. The Balaban J connectivity index is 0.00000155. The number of rotatable bonds is 4. The largest absolute Gasteiger partial charge is 0.481 e. The summed E-state index contributed by atoms with van der Waals surface area (Å²) in [5.74, 6) is -1.30. The van der Waals surface area contributed by atoms with Crippen LogP contribution in [0.5, 0.6) is 0 Å². The van der Waals surface area contributed by atoms with Crippen molar-refractivity contribution in [3.63, 3.8) is 0 Å². The molecule has 0 fully saturated rings. The standard InChI is InChI=1S/C20H19F3N2O3.C2H6/c1-11-7-16-17(9-14(11)20(21,22)23)25-18(26)10-15(24-16)13-4-2-3-12(8-13)5-6-19(27)28;1-2/h2-4,7-9,15,24H,5-6,10H2,1H3,(H,25,26)(H,27,28);1-2H3. The van der Waals surface area contributed by atoms with E-state index in [0.717, 1.165) is 17.2 Å². The van der Waals surface area contributed by atoms with Crippen LogP contribution >= 0.6 is 0 Å². The second-order valence-electron chi connectivity index (χ2n) is 6.80. The second-order valence-corrected chi connectivity index (χ2v) is 6.80. The third kappa shape index (κ3) is 5.75. The minimum Gasteiger partial charge on any atom is -0.481 e. The molecule has 5 nitrogen and oxygen atoms in total. The van der Waals surface area contributed by atoms with Gasteiger partial charge in [-0.05, 0) is 42.2 Å². The summed E-state index contributed by atoms with van der Waals surface area (Å²) in [5.41, 5.74) is 1.36. The molecule has 30 heavy (non-hydrogen) atoms. The summed E-state index contributed by atoms with van der Waals surface area (Å²) < 4.78 is 39.5. The minimum atomic E-state index is -4.51. The van der Waals surface area contributed by atoms with Crippen LogP contribution in [-0.2, 0) is 22.2 Å². The highest BCUT2D eigenvalue weighted by molar-refractivity contribution is 5.97. The van der Waals surface area contributed by atoms with E-state index in [2.05, 4.69) is 10.6 Å². The predicted octanol–water partition coefficient (Wildman–Crippen LogP) is 5.55. The quantitative estimate of drug-likeness (QED) is 0.603. The number of benzene rings is 2. The molecule has 0 bridgehead atoms. The molecule has 0 radical (unpaired) electrons. The van der Waals surface area contributed by atoms with Crippen LogP contribution in [0.25, 0.3) is 0 Å². The summed E-state index contributed by atoms with van der Waals surface area (Å²) >= 11 is 0. The first-order chi connectivity index (χ1) is 14.1. The lowest BCUT2D eigenvalue weighted by Gasteiger charge is -2.20. The van der Waals surface area contributed by atoms with Crippen molar-refractivity contribution in [2.75, 3.05) is 10.6 Å². The molecule has 2 aromatic carbocycles.